The lowest BCUT2D eigenvalue weighted by Gasteiger charge is -2.36. The van der Waals surface area contributed by atoms with Crippen LogP contribution in [0.3, 0.4) is 0 Å². The van der Waals surface area contributed by atoms with Crippen LogP contribution in [0.1, 0.15) is 12.8 Å². The first-order valence-corrected chi connectivity index (χ1v) is 8.09. The maximum absolute atomic E-state index is 13.0. The first-order valence-electron chi connectivity index (χ1n) is 8.09. The summed E-state index contributed by atoms with van der Waals surface area (Å²) in [4.78, 5) is 13.1. The van der Waals surface area contributed by atoms with Crippen LogP contribution in [-0.4, -0.2) is 48.1 Å². The van der Waals surface area contributed by atoms with E-state index in [2.05, 4.69) is 32.1 Å². The summed E-state index contributed by atoms with van der Waals surface area (Å²) in [5, 5.41) is 3.13. The molecule has 1 aliphatic rings. The number of nitrogens with zero attached hydrogens (tertiary/aromatic N) is 4. The molecule has 0 saturated carbocycles. The summed E-state index contributed by atoms with van der Waals surface area (Å²) in [5.74, 6) is 0.981. The molecular weight excluding hydrogens is 307 g/mol. The largest absolute Gasteiger partial charge is 0.393 e. The summed E-state index contributed by atoms with van der Waals surface area (Å²) < 4.78 is 13.0. The van der Waals surface area contributed by atoms with Gasteiger partial charge in [-0.05, 0) is 57.2 Å². The first-order chi connectivity index (χ1) is 11.5. The van der Waals surface area contributed by atoms with E-state index in [-0.39, 0.29) is 5.82 Å². The Hall–Kier alpha value is -2.41. The van der Waals surface area contributed by atoms with Gasteiger partial charge in [0.2, 0.25) is 0 Å². The number of likely N-dealkylation sites (tertiary alicyclic amines) is 1. The van der Waals surface area contributed by atoms with Crippen LogP contribution in [0.5, 0.6) is 0 Å². The van der Waals surface area contributed by atoms with Gasteiger partial charge in [-0.3, -0.25) is 0 Å². The van der Waals surface area contributed by atoms with Gasteiger partial charge in [-0.1, -0.05) is 0 Å². The van der Waals surface area contributed by atoms with E-state index in [4.69, 9.17) is 5.73 Å². The highest BCUT2D eigenvalue weighted by molar-refractivity contribution is 5.78. The third-order valence-corrected chi connectivity index (χ3v) is 4.54. The zero-order valence-electron chi connectivity index (χ0n) is 14.0. The van der Waals surface area contributed by atoms with Gasteiger partial charge in [-0.25, -0.2) is 14.4 Å². The van der Waals surface area contributed by atoms with E-state index in [0.717, 1.165) is 37.4 Å². The monoisotopic (exact) mass is 330 g/mol. The van der Waals surface area contributed by atoms with E-state index < -0.39 is 0 Å². The second-order valence-electron chi connectivity index (χ2n) is 6.24. The molecule has 0 unspecified atom stereocenters. The number of piperidine rings is 1. The first kappa shape index (κ1) is 16.4. The molecule has 2 heterocycles. The molecule has 0 amide bonds. The van der Waals surface area contributed by atoms with Gasteiger partial charge >= 0.3 is 0 Å². The normalized spacial score (nSPS) is 16.1. The van der Waals surface area contributed by atoms with Crippen LogP contribution in [-0.2, 0) is 0 Å². The number of nitrogens with two attached hydrogens (primary N) is 1. The Morgan fingerprint density at radius 1 is 1.21 bits per heavy atom. The SMILES string of the molecule is CN1CCC(N(C)c2ncnc(Nc3ccc(F)cc3)c2N)CC1. The molecule has 1 saturated heterocycles. The van der Waals surface area contributed by atoms with Gasteiger partial charge in [0.15, 0.2) is 11.6 Å². The highest BCUT2D eigenvalue weighted by atomic mass is 19.1. The predicted molar refractivity (Wildman–Crippen MR) is 95.0 cm³/mol. The summed E-state index contributed by atoms with van der Waals surface area (Å²) in [6, 6.07) is 6.50. The van der Waals surface area contributed by atoms with Crippen LogP contribution in [0.2, 0.25) is 0 Å². The number of rotatable bonds is 4. The van der Waals surface area contributed by atoms with Crippen LogP contribution in [0.4, 0.5) is 27.4 Å². The third kappa shape index (κ3) is 3.56. The molecule has 0 radical (unpaired) electrons. The molecule has 1 aliphatic heterocycles. The van der Waals surface area contributed by atoms with E-state index in [1.54, 1.807) is 12.1 Å². The molecule has 0 spiro atoms. The Bertz CT molecular complexity index is 682. The van der Waals surface area contributed by atoms with Crippen LogP contribution in [0.15, 0.2) is 30.6 Å². The van der Waals surface area contributed by atoms with Crippen molar-refractivity contribution in [3.8, 4) is 0 Å². The Labute approximate surface area is 141 Å². The lowest BCUT2D eigenvalue weighted by molar-refractivity contribution is 0.252. The van der Waals surface area contributed by atoms with Crippen molar-refractivity contribution >= 4 is 23.0 Å². The maximum atomic E-state index is 13.0. The molecule has 24 heavy (non-hydrogen) atoms. The molecule has 1 aromatic carbocycles. The van der Waals surface area contributed by atoms with Crippen molar-refractivity contribution < 1.29 is 4.39 Å². The fourth-order valence-corrected chi connectivity index (χ4v) is 2.99. The summed E-state index contributed by atoms with van der Waals surface area (Å²) in [6.07, 6.45) is 3.66. The van der Waals surface area contributed by atoms with Crippen LogP contribution in [0, 0.1) is 5.82 Å². The van der Waals surface area contributed by atoms with Gasteiger partial charge in [0.05, 0.1) is 0 Å². The van der Waals surface area contributed by atoms with Crippen LogP contribution >= 0.6 is 0 Å². The summed E-state index contributed by atoms with van der Waals surface area (Å²) >= 11 is 0. The molecule has 0 bridgehead atoms. The molecule has 3 N–H and O–H groups in total. The second kappa shape index (κ2) is 7.00. The van der Waals surface area contributed by atoms with E-state index >= 15 is 0 Å². The minimum atomic E-state index is -0.279. The average Bonchev–Trinajstić information content (AvgIpc) is 2.59. The van der Waals surface area contributed by atoms with E-state index in [1.165, 1.54) is 18.5 Å². The highest BCUT2D eigenvalue weighted by Crippen LogP contribution is 2.30. The Morgan fingerprint density at radius 2 is 1.88 bits per heavy atom. The standard InChI is InChI=1S/C17H23FN6/c1-23-9-7-14(8-10-23)24(2)17-15(19)16(20-11-21-17)22-13-5-3-12(18)4-6-13/h3-6,11,14H,7-10,19H2,1-2H3,(H,20,21,22). The van der Waals surface area contributed by atoms with Gasteiger partial charge in [0.25, 0.3) is 0 Å². The fourth-order valence-electron chi connectivity index (χ4n) is 2.99. The van der Waals surface area contributed by atoms with Gasteiger partial charge in [0.1, 0.15) is 17.8 Å². The number of nitrogens with one attached hydrogen (secondary N) is 1. The average molecular weight is 330 g/mol. The predicted octanol–water partition coefficient (Wildman–Crippen LogP) is 2.47. The lowest BCUT2D eigenvalue weighted by atomic mass is 10.0. The Morgan fingerprint density at radius 3 is 2.54 bits per heavy atom. The molecule has 2 aromatic rings. The molecule has 3 rings (SSSR count). The number of hydrogen-bond acceptors (Lipinski definition) is 6. The van der Waals surface area contributed by atoms with Crippen molar-refractivity contribution in [2.75, 3.05) is 43.1 Å². The molecule has 6 nitrogen and oxygen atoms in total. The molecule has 1 aromatic heterocycles. The molecule has 7 heteroatoms. The topological polar surface area (TPSA) is 70.3 Å². The van der Waals surface area contributed by atoms with Crippen molar-refractivity contribution in [3.05, 3.63) is 36.4 Å². The summed E-state index contributed by atoms with van der Waals surface area (Å²) in [7, 11) is 4.16. The van der Waals surface area contributed by atoms with E-state index in [1.807, 2.05) is 7.05 Å². The van der Waals surface area contributed by atoms with Crippen molar-refractivity contribution in [1.82, 2.24) is 14.9 Å². The Balaban J connectivity index is 1.78. The maximum Gasteiger partial charge on any atom is 0.159 e. The number of halogens is 1. The van der Waals surface area contributed by atoms with Crippen molar-refractivity contribution in [2.24, 2.45) is 0 Å². The van der Waals surface area contributed by atoms with Crippen LogP contribution < -0.4 is 16.0 Å². The summed E-state index contributed by atoms with van der Waals surface area (Å²) in [6.45, 7) is 2.14. The van der Waals surface area contributed by atoms with E-state index in [9.17, 15) is 4.39 Å². The Kier molecular flexibility index (Phi) is 4.80. The van der Waals surface area contributed by atoms with E-state index in [0.29, 0.717) is 17.5 Å². The van der Waals surface area contributed by atoms with Gasteiger partial charge in [-0.2, -0.15) is 0 Å². The highest BCUT2D eigenvalue weighted by Gasteiger charge is 2.23. The number of anilines is 4. The summed E-state index contributed by atoms with van der Waals surface area (Å²) in [5.41, 5.74) is 7.52. The molecule has 1 fully saturated rings. The molecule has 128 valence electrons. The minimum absolute atomic E-state index is 0.279. The number of aromatic nitrogens is 2. The number of benzene rings is 1. The zero-order chi connectivity index (χ0) is 17.1. The van der Waals surface area contributed by atoms with Gasteiger partial charge in [0, 0.05) is 18.8 Å². The minimum Gasteiger partial charge on any atom is -0.393 e. The van der Waals surface area contributed by atoms with Crippen LogP contribution in [0.25, 0.3) is 0 Å². The fraction of sp³-hybridized carbons (Fsp3) is 0.412. The lowest BCUT2D eigenvalue weighted by Crippen LogP contribution is -2.42. The second-order valence-corrected chi connectivity index (χ2v) is 6.24. The molecule has 0 aliphatic carbocycles. The quantitative estimate of drug-likeness (QED) is 0.897. The van der Waals surface area contributed by atoms with Crippen molar-refractivity contribution in [3.63, 3.8) is 0 Å². The molecule has 0 atom stereocenters. The molecular formula is C17H23FN6. The smallest absolute Gasteiger partial charge is 0.159 e. The van der Waals surface area contributed by atoms with Gasteiger partial charge in [-0.15, -0.1) is 0 Å². The number of nitrogen functional groups attached to an aromatic ring is 1. The number of hydrogen-bond donors (Lipinski definition) is 2. The van der Waals surface area contributed by atoms with Crippen molar-refractivity contribution in [1.29, 1.82) is 0 Å². The third-order valence-electron chi connectivity index (χ3n) is 4.54. The van der Waals surface area contributed by atoms with Crippen molar-refractivity contribution in [2.45, 2.75) is 18.9 Å². The van der Waals surface area contributed by atoms with Gasteiger partial charge < -0.3 is 20.9 Å². The zero-order valence-corrected chi connectivity index (χ0v) is 14.0.